The summed E-state index contributed by atoms with van der Waals surface area (Å²) in [5.74, 6) is 0. The largest absolute Gasteiger partial charge is 0.261 e. The summed E-state index contributed by atoms with van der Waals surface area (Å²) in [6, 6.07) is 23.1. The third-order valence-corrected chi connectivity index (χ3v) is 8.84. The van der Waals surface area contributed by atoms with Crippen LogP contribution in [0, 0.1) is 13.8 Å². The molecule has 0 fully saturated rings. The molecule has 0 N–H and O–H groups in total. The van der Waals surface area contributed by atoms with Crippen molar-refractivity contribution in [3.8, 4) is 44.8 Å². The van der Waals surface area contributed by atoms with E-state index in [1.54, 1.807) is 60.9 Å². The minimum atomic E-state index is -3.36. The minimum absolute atomic E-state index is 0.224. The summed E-state index contributed by atoms with van der Waals surface area (Å²) in [6.07, 6.45) is 5.89. The van der Waals surface area contributed by atoms with E-state index in [0.717, 1.165) is 44.8 Å². The summed E-state index contributed by atoms with van der Waals surface area (Å²) in [4.78, 5) is 14.5. The van der Waals surface area contributed by atoms with Crippen molar-refractivity contribution in [3.05, 3.63) is 103 Å². The molecule has 0 bridgehead atoms. The maximum Gasteiger partial charge on any atom is 0.175 e. The van der Waals surface area contributed by atoms with Gasteiger partial charge in [0.15, 0.2) is 19.7 Å². The van der Waals surface area contributed by atoms with E-state index in [1.165, 1.54) is 12.5 Å². The number of aromatic nitrogens is 3. The fourth-order valence-electron chi connectivity index (χ4n) is 4.37. The van der Waals surface area contributed by atoms with Crippen molar-refractivity contribution in [1.82, 2.24) is 15.0 Å². The first kappa shape index (κ1) is 27.4. The van der Waals surface area contributed by atoms with Gasteiger partial charge in [0.2, 0.25) is 0 Å². The van der Waals surface area contributed by atoms with E-state index >= 15 is 0 Å². The number of sulfone groups is 2. The van der Waals surface area contributed by atoms with Gasteiger partial charge in [-0.05, 0) is 79.6 Å². The Hall–Kier alpha value is -4.21. The van der Waals surface area contributed by atoms with Crippen LogP contribution < -0.4 is 0 Å². The van der Waals surface area contributed by atoms with Crippen molar-refractivity contribution in [2.24, 2.45) is 0 Å². The molecular weight excluding hydrogens is 542 g/mol. The Morgan fingerprint density at radius 2 is 0.850 bits per heavy atom. The van der Waals surface area contributed by atoms with Crippen molar-refractivity contribution < 1.29 is 16.8 Å². The molecule has 0 saturated carbocycles. The molecule has 0 aliphatic heterocycles. The lowest BCUT2D eigenvalue weighted by Crippen LogP contribution is -2.00. The number of rotatable bonds is 6. The number of pyridine rings is 3. The predicted molar refractivity (Wildman–Crippen MR) is 157 cm³/mol. The number of hydrogen-bond acceptors (Lipinski definition) is 7. The third-order valence-electron chi connectivity index (χ3n) is 6.58. The molecule has 9 heteroatoms. The average molecular weight is 570 g/mol. The maximum atomic E-state index is 12.1. The molecule has 7 nitrogen and oxygen atoms in total. The van der Waals surface area contributed by atoms with Crippen LogP contribution in [0.3, 0.4) is 0 Å². The van der Waals surface area contributed by atoms with Gasteiger partial charge in [-0.1, -0.05) is 24.3 Å². The van der Waals surface area contributed by atoms with Crippen LogP contribution in [-0.4, -0.2) is 44.3 Å². The second kappa shape index (κ2) is 10.4. The number of benzene rings is 2. The zero-order valence-electron chi connectivity index (χ0n) is 22.5. The van der Waals surface area contributed by atoms with Crippen molar-refractivity contribution in [3.63, 3.8) is 0 Å². The van der Waals surface area contributed by atoms with E-state index in [1.807, 2.05) is 44.2 Å². The summed E-state index contributed by atoms with van der Waals surface area (Å²) < 4.78 is 48.4. The lowest BCUT2D eigenvalue weighted by molar-refractivity contribution is 0.600. The molecule has 0 radical (unpaired) electrons. The molecule has 0 amide bonds. The molecule has 0 aliphatic rings. The molecule has 0 spiro atoms. The molecule has 0 atom stereocenters. The van der Waals surface area contributed by atoms with Crippen molar-refractivity contribution in [2.45, 2.75) is 23.6 Å². The van der Waals surface area contributed by atoms with Crippen LogP contribution >= 0.6 is 0 Å². The van der Waals surface area contributed by atoms with Crippen molar-refractivity contribution in [1.29, 1.82) is 0 Å². The summed E-state index contributed by atoms with van der Waals surface area (Å²) in [7, 11) is -6.73. The minimum Gasteiger partial charge on any atom is -0.261 e. The molecule has 3 aromatic heterocycles. The molecule has 40 heavy (non-hydrogen) atoms. The van der Waals surface area contributed by atoms with Gasteiger partial charge in [0.05, 0.1) is 21.2 Å². The summed E-state index contributed by atoms with van der Waals surface area (Å²) in [5.41, 5.74) is 7.78. The van der Waals surface area contributed by atoms with Gasteiger partial charge in [0.1, 0.15) is 0 Å². The Balaban J connectivity index is 1.81. The molecule has 202 valence electrons. The highest BCUT2D eigenvalue weighted by atomic mass is 32.2. The maximum absolute atomic E-state index is 12.1. The monoisotopic (exact) mass is 569 g/mol. The van der Waals surface area contributed by atoms with Gasteiger partial charge in [-0.15, -0.1) is 0 Å². The molecule has 0 aliphatic carbocycles. The molecule has 0 unspecified atom stereocenters. The van der Waals surface area contributed by atoms with E-state index in [9.17, 15) is 16.8 Å². The smallest absolute Gasteiger partial charge is 0.175 e. The quantitative estimate of drug-likeness (QED) is 0.248. The van der Waals surface area contributed by atoms with Gasteiger partial charge in [0.25, 0.3) is 0 Å². The molecular formula is C31H27N3O4S2. The standard InChI is InChI=1S/C31H27N3O4S2/c1-20-5-7-24(18-32-20)30-28(22-9-13-26(14-10-22)39(3,35)36)17-29(23-11-15-27(16-12-23)40(4,37)38)31(34-30)25-8-6-21(2)33-19-25/h5-19H,1-4H3. The van der Waals surface area contributed by atoms with E-state index in [2.05, 4.69) is 9.97 Å². The Morgan fingerprint density at radius 1 is 0.500 bits per heavy atom. The summed E-state index contributed by atoms with van der Waals surface area (Å²) in [5, 5.41) is 0. The fraction of sp³-hybridized carbons (Fsp3) is 0.129. The molecule has 0 saturated heterocycles. The third kappa shape index (κ3) is 5.71. The number of aryl methyl sites for hydroxylation is 2. The van der Waals surface area contributed by atoms with Crippen LogP contribution in [0.25, 0.3) is 44.8 Å². The highest BCUT2D eigenvalue weighted by molar-refractivity contribution is 7.91. The number of hydrogen-bond donors (Lipinski definition) is 0. The lowest BCUT2D eigenvalue weighted by atomic mass is 9.92. The molecule has 5 rings (SSSR count). The molecule has 5 aromatic rings. The van der Waals surface area contributed by atoms with Gasteiger partial charge >= 0.3 is 0 Å². The zero-order chi connectivity index (χ0) is 28.7. The normalized spacial score (nSPS) is 11.9. The van der Waals surface area contributed by atoms with Gasteiger partial charge in [-0.2, -0.15) is 0 Å². The topological polar surface area (TPSA) is 107 Å². The Bertz CT molecular complexity index is 1780. The van der Waals surface area contributed by atoms with Crippen molar-refractivity contribution in [2.75, 3.05) is 12.5 Å². The first-order chi connectivity index (χ1) is 18.9. The highest BCUT2D eigenvalue weighted by Gasteiger charge is 2.19. The average Bonchev–Trinajstić information content (AvgIpc) is 2.92. The van der Waals surface area contributed by atoms with Crippen LogP contribution in [0.2, 0.25) is 0 Å². The van der Waals surface area contributed by atoms with Crippen LogP contribution in [0.5, 0.6) is 0 Å². The van der Waals surface area contributed by atoms with Crippen LogP contribution in [-0.2, 0) is 19.7 Å². The summed E-state index contributed by atoms with van der Waals surface area (Å²) >= 11 is 0. The van der Waals surface area contributed by atoms with E-state index < -0.39 is 19.7 Å². The zero-order valence-corrected chi connectivity index (χ0v) is 24.1. The number of nitrogens with zero attached hydrogens (tertiary/aromatic N) is 3. The summed E-state index contributed by atoms with van der Waals surface area (Å²) in [6.45, 7) is 3.82. The lowest BCUT2D eigenvalue weighted by Gasteiger charge is -2.17. The van der Waals surface area contributed by atoms with Gasteiger partial charge in [-0.3, -0.25) is 9.97 Å². The Morgan fingerprint density at radius 3 is 1.15 bits per heavy atom. The first-order valence-corrected chi connectivity index (χ1v) is 16.2. The van der Waals surface area contributed by atoms with Crippen LogP contribution in [0.4, 0.5) is 0 Å². The molecule has 3 heterocycles. The SMILES string of the molecule is Cc1ccc(-c2nc(-c3ccc(C)nc3)c(-c3ccc(S(C)(=O)=O)cc3)cc2-c2ccc(S(C)(=O)=O)cc2)cn1. The Kier molecular flexibility index (Phi) is 7.12. The van der Waals surface area contributed by atoms with E-state index in [0.29, 0.717) is 11.4 Å². The molecule has 2 aromatic carbocycles. The van der Waals surface area contributed by atoms with Crippen molar-refractivity contribution >= 4 is 19.7 Å². The fourth-order valence-corrected chi connectivity index (χ4v) is 5.63. The van der Waals surface area contributed by atoms with E-state index in [-0.39, 0.29) is 9.79 Å². The van der Waals surface area contributed by atoms with Gasteiger partial charge in [0, 0.05) is 58.5 Å². The second-order valence-electron chi connectivity index (χ2n) is 9.75. The predicted octanol–water partition coefficient (Wildman–Crippen LogP) is 5.96. The Labute approximate surface area is 234 Å². The highest BCUT2D eigenvalue weighted by Crippen LogP contribution is 2.40. The van der Waals surface area contributed by atoms with Gasteiger partial charge < -0.3 is 0 Å². The van der Waals surface area contributed by atoms with Gasteiger partial charge in [-0.25, -0.2) is 21.8 Å². The van der Waals surface area contributed by atoms with Crippen LogP contribution in [0.1, 0.15) is 11.4 Å². The van der Waals surface area contributed by atoms with Crippen LogP contribution in [0.15, 0.2) is 101 Å². The first-order valence-electron chi connectivity index (χ1n) is 12.4. The second-order valence-corrected chi connectivity index (χ2v) is 13.8. The van der Waals surface area contributed by atoms with E-state index in [4.69, 9.17) is 4.98 Å².